The topological polar surface area (TPSA) is 245 Å². The van der Waals surface area contributed by atoms with Gasteiger partial charge < -0.3 is 30.1 Å². The lowest BCUT2D eigenvalue weighted by molar-refractivity contribution is -0.148. The minimum absolute atomic E-state index is 0.0185. The Kier molecular flexibility index (Phi) is 16.9. The number of aliphatic hydroxyl groups is 1. The van der Waals surface area contributed by atoms with Crippen LogP contribution in [0.25, 0.3) is 26.7 Å². The number of thiazole rings is 1. The number of amides is 4. The van der Waals surface area contributed by atoms with Gasteiger partial charge in [-0.3, -0.25) is 38.7 Å². The summed E-state index contributed by atoms with van der Waals surface area (Å²) >= 11 is 9.45. The molecule has 6 heterocycles. The molecule has 4 amide bonds. The van der Waals surface area contributed by atoms with E-state index in [2.05, 4.69) is 49.6 Å². The predicted octanol–water partition coefficient (Wildman–Crippen LogP) is 7.90. The molecule has 9 rings (SSSR count). The fraction of sp³-hybridized carbons (Fsp3) is 0.357. The molecular weight excluding hydrogens is 1050 g/mol. The molecule has 0 aliphatic carbocycles. The lowest BCUT2D eigenvalue weighted by Crippen LogP contribution is -2.59. The van der Waals surface area contributed by atoms with E-state index in [-0.39, 0.29) is 50.9 Å². The van der Waals surface area contributed by atoms with Crippen LogP contribution in [-0.2, 0) is 30.5 Å². The van der Waals surface area contributed by atoms with E-state index in [0.29, 0.717) is 41.1 Å². The molecule has 4 aromatic heterocycles. The number of rotatable bonds is 18. The van der Waals surface area contributed by atoms with Crippen molar-refractivity contribution in [1.29, 1.82) is 0 Å². The number of ether oxygens (including phenoxy) is 2. The van der Waals surface area contributed by atoms with Crippen LogP contribution in [0.3, 0.4) is 0 Å². The summed E-state index contributed by atoms with van der Waals surface area (Å²) in [5, 5.41) is 27.9. The van der Waals surface area contributed by atoms with Gasteiger partial charge in [-0.15, -0.1) is 32.9 Å². The maximum Gasteiger partial charge on any atom is 0.259 e. The lowest BCUT2D eigenvalue weighted by atomic mass is 9.85. The number of benzene rings is 3. The second kappa shape index (κ2) is 23.8. The first-order valence-corrected chi connectivity index (χ1v) is 27.5. The normalized spacial score (nSPS) is 16.4. The van der Waals surface area contributed by atoms with Crippen LogP contribution >= 0.6 is 34.3 Å². The molecule has 0 saturated carbocycles. The Bertz CT molecular complexity index is 3340. The van der Waals surface area contributed by atoms with Crippen molar-refractivity contribution in [2.75, 3.05) is 31.7 Å². The van der Waals surface area contributed by atoms with Crippen LogP contribution in [0.5, 0.6) is 5.75 Å². The number of likely N-dealkylation sites (tertiary alicyclic amines) is 1. The molecule has 7 aromatic rings. The summed E-state index contributed by atoms with van der Waals surface area (Å²) in [6.07, 6.45) is 2.63. The molecule has 0 spiro atoms. The zero-order valence-corrected chi connectivity index (χ0v) is 46.7. The van der Waals surface area contributed by atoms with Gasteiger partial charge in [-0.2, -0.15) is 0 Å². The Hall–Kier alpha value is -7.27. The van der Waals surface area contributed by atoms with E-state index in [1.165, 1.54) is 11.1 Å². The van der Waals surface area contributed by atoms with Gasteiger partial charge in [0, 0.05) is 46.0 Å². The van der Waals surface area contributed by atoms with Gasteiger partial charge >= 0.3 is 0 Å². The van der Waals surface area contributed by atoms with Crippen molar-refractivity contribution in [3.05, 3.63) is 140 Å². The highest BCUT2D eigenvalue weighted by Gasteiger charge is 2.45. The van der Waals surface area contributed by atoms with E-state index >= 15 is 0 Å². The highest BCUT2D eigenvalue weighted by Crippen LogP contribution is 2.40. The smallest absolute Gasteiger partial charge is 0.259 e. The summed E-state index contributed by atoms with van der Waals surface area (Å²) in [4.78, 5) is 76.8. The Labute approximate surface area is 464 Å². The zero-order chi connectivity index (χ0) is 55.4. The van der Waals surface area contributed by atoms with Crippen molar-refractivity contribution < 1.29 is 33.8 Å². The van der Waals surface area contributed by atoms with Gasteiger partial charge in [0.25, 0.3) is 5.91 Å². The summed E-state index contributed by atoms with van der Waals surface area (Å²) in [5.74, 6) is 6.64. The molecule has 78 heavy (non-hydrogen) atoms. The highest BCUT2D eigenvalue weighted by atomic mass is 35.5. The Morgan fingerprint density at radius 2 is 1.62 bits per heavy atom. The molecule has 2 aliphatic heterocycles. The van der Waals surface area contributed by atoms with Crippen molar-refractivity contribution in [2.24, 2.45) is 16.3 Å². The first-order chi connectivity index (χ1) is 37.3. The molecule has 3 aromatic carbocycles. The highest BCUT2D eigenvalue weighted by molar-refractivity contribution is 7.15. The molecule has 19 nitrogen and oxygen atoms in total. The molecule has 5 N–H and O–H groups in total. The van der Waals surface area contributed by atoms with E-state index in [1.54, 1.807) is 34.4 Å². The summed E-state index contributed by atoms with van der Waals surface area (Å²) in [6.45, 7) is 13.7. The van der Waals surface area contributed by atoms with Gasteiger partial charge in [0.2, 0.25) is 17.7 Å². The van der Waals surface area contributed by atoms with E-state index in [4.69, 9.17) is 31.9 Å². The number of nitrogens with zero attached hydrogens (tertiary/aromatic N) is 9. The molecule has 22 heteroatoms. The van der Waals surface area contributed by atoms with E-state index in [1.807, 2.05) is 112 Å². The van der Waals surface area contributed by atoms with Crippen LogP contribution < -0.4 is 21.2 Å². The average molecular weight is 1110 g/mol. The Morgan fingerprint density at radius 1 is 0.897 bits per heavy atom. The summed E-state index contributed by atoms with van der Waals surface area (Å²) in [5.41, 5.74) is 8.88. The number of β-amino-alcohol motifs (C(OH)–C–C–N with tert-alkyl or cyclic N) is 1. The second-order valence-electron chi connectivity index (χ2n) is 20.4. The number of fused-ring (bicyclic) bond motifs is 3. The van der Waals surface area contributed by atoms with E-state index in [9.17, 15) is 24.3 Å². The number of hydrogen-bond acceptors (Lipinski definition) is 16. The maximum absolute atomic E-state index is 14.1. The summed E-state index contributed by atoms with van der Waals surface area (Å²) < 4.78 is 13.6. The first-order valence-electron chi connectivity index (χ1n) is 25.5. The molecular formula is C56H61ClN12O7S2. The summed E-state index contributed by atoms with van der Waals surface area (Å²) in [6, 6.07) is 19.9. The van der Waals surface area contributed by atoms with Crippen molar-refractivity contribution >= 4 is 69.4 Å². The molecule has 1 saturated heterocycles. The number of aryl methyl sites for hydroxylation is 3. The van der Waals surface area contributed by atoms with Crippen molar-refractivity contribution in [3.63, 3.8) is 0 Å². The first kappa shape index (κ1) is 55.5. The van der Waals surface area contributed by atoms with Gasteiger partial charge in [-0.05, 0) is 86.2 Å². The van der Waals surface area contributed by atoms with Crippen LogP contribution in [0.15, 0.2) is 95.7 Å². The van der Waals surface area contributed by atoms with E-state index < -0.39 is 47.4 Å². The molecule has 1 fully saturated rings. The van der Waals surface area contributed by atoms with Crippen LogP contribution in [0, 0.1) is 33.1 Å². The molecule has 0 unspecified atom stereocenters. The number of aliphatic imine (C=N–C) groups is 1. The number of nitrogens with two attached hydrogens (primary N) is 1. The number of thiophene rings is 1. The molecule has 4 atom stereocenters. The number of nitrogens with one attached hydrogen (secondary N) is 2. The van der Waals surface area contributed by atoms with Gasteiger partial charge in [0.05, 0.1) is 72.2 Å². The van der Waals surface area contributed by atoms with Crippen LogP contribution in [0.4, 0.5) is 5.82 Å². The number of halogens is 1. The number of carbonyl (C=O) groups is 4. The number of aromatic nitrogens is 6. The Balaban J connectivity index is 0.724. The number of anilines is 1. The standard InChI is InChI=1S/C56H61ClN12O7S2/c1-31-33(3)78-55-48(31)49(37-13-17-39(57)18-14-37)62-42(52-66-65-34(4)69(52)55)24-46(71)63-45-26-59-43(25-60-45)36-15-19-41(20-16-36)76-22-8-21-75-29-47(72)64-51(56(5,6)7)54(74)67-28-40(70)23-44(67)53(73)68(58)27-35-9-11-38(12-10-35)50-32(2)61-30-77-50/h9-20,25-26,30,40,42,44,51,70H,8,21-24,27-29,58H2,1-7H3,(H,64,72)(H,60,63,71)/t40-,42+,44+,51-/m1/s1. The third kappa shape index (κ3) is 12.5. The molecule has 0 radical (unpaired) electrons. The van der Waals surface area contributed by atoms with Gasteiger partial charge in [0.15, 0.2) is 11.6 Å². The monoisotopic (exact) mass is 1110 g/mol. The minimum Gasteiger partial charge on any atom is -0.494 e. The Morgan fingerprint density at radius 3 is 2.29 bits per heavy atom. The van der Waals surface area contributed by atoms with E-state index in [0.717, 1.165) is 64.6 Å². The molecule has 0 bridgehead atoms. The largest absolute Gasteiger partial charge is 0.494 e. The van der Waals surface area contributed by atoms with Crippen molar-refractivity contribution in [3.8, 4) is 32.4 Å². The number of hydrazine groups is 1. The second-order valence-corrected chi connectivity index (χ2v) is 22.9. The van der Waals surface area contributed by atoms with Crippen LogP contribution in [0.1, 0.15) is 90.5 Å². The van der Waals surface area contributed by atoms with Crippen molar-refractivity contribution in [1.82, 2.24) is 44.9 Å². The SMILES string of the molecule is Cc1ncsc1-c1ccc(CN(N)C(=O)[C@@H]2C[C@@H](O)CN2C(=O)[C@@H](NC(=O)COCCCOc2ccc(-c3cnc(NC(=O)C[C@@H]4N=C(c5ccc(Cl)cc5)c5c(sc(C)c5C)-n5c(C)nnc54)cn3)cc2)C(C)(C)C)cc1. The molecule has 406 valence electrons. The number of hydrogen-bond donors (Lipinski definition) is 4. The zero-order valence-electron chi connectivity index (χ0n) is 44.3. The fourth-order valence-electron chi connectivity index (χ4n) is 9.40. The molecule has 2 aliphatic rings. The number of carbonyl (C=O) groups excluding carboxylic acids is 4. The third-order valence-corrected chi connectivity index (χ3v) is 16.0. The van der Waals surface area contributed by atoms with Gasteiger partial charge in [-0.1, -0.05) is 68.8 Å². The van der Waals surface area contributed by atoms with Crippen LogP contribution in [0.2, 0.25) is 5.02 Å². The van der Waals surface area contributed by atoms with Gasteiger partial charge in [0.1, 0.15) is 41.3 Å². The van der Waals surface area contributed by atoms with Crippen molar-refractivity contribution in [2.45, 2.75) is 98.5 Å². The lowest BCUT2D eigenvalue weighted by Gasteiger charge is -2.36. The van der Waals surface area contributed by atoms with Crippen LogP contribution in [-0.4, -0.2) is 119 Å². The van der Waals surface area contributed by atoms with Gasteiger partial charge in [-0.25, -0.2) is 15.8 Å². The predicted molar refractivity (Wildman–Crippen MR) is 299 cm³/mol. The average Bonchev–Trinajstić information content (AvgIpc) is 4.25. The minimum atomic E-state index is -1.02. The fourth-order valence-corrected chi connectivity index (χ4v) is 11.5. The third-order valence-electron chi connectivity index (χ3n) is 13.6. The quantitative estimate of drug-likeness (QED) is 0.0277. The summed E-state index contributed by atoms with van der Waals surface area (Å²) in [7, 11) is 0. The maximum atomic E-state index is 14.1. The number of aliphatic hydroxyl groups excluding tert-OH is 1.